The van der Waals surface area contributed by atoms with Crippen molar-refractivity contribution in [1.82, 2.24) is 4.90 Å². The van der Waals surface area contributed by atoms with Crippen LogP contribution in [0.3, 0.4) is 0 Å². The van der Waals surface area contributed by atoms with Gasteiger partial charge in [0.15, 0.2) is 5.75 Å². The van der Waals surface area contributed by atoms with Crippen LogP contribution in [0, 0.1) is 10.1 Å². The molecule has 1 heterocycles. The van der Waals surface area contributed by atoms with Gasteiger partial charge < -0.3 is 14.7 Å². The summed E-state index contributed by atoms with van der Waals surface area (Å²) in [5.41, 5.74) is -0.748. The standard InChI is InChI=1S/C14H18N2O5/c1-9-7-15(8-14(2,3)21-9)13(18)10-4-5-12(17)11(6-10)16(19)20/h4-6,9,17H,7-8H2,1-3H3. The molecule has 0 bridgehead atoms. The fourth-order valence-corrected chi connectivity index (χ4v) is 2.59. The van der Waals surface area contributed by atoms with Crippen molar-refractivity contribution in [3.63, 3.8) is 0 Å². The van der Waals surface area contributed by atoms with Crippen molar-refractivity contribution in [1.29, 1.82) is 0 Å². The van der Waals surface area contributed by atoms with E-state index < -0.39 is 22.0 Å². The first kappa shape index (κ1) is 15.2. The van der Waals surface area contributed by atoms with Gasteiger partial charge in [0.25, 0.3) is 5.91 Å². The molecule has 1 fully saturated rings. The number of aromatic hydroxyl groups is 1. The Labute approximate surface area is 122 Å². The predicted octanol–water partition coefficient (Wildman–Crippen LogP) is 1.94. The first-order valence-electron chi connectivity index (χ1n) is 6.64. The molecule has 1 unspecified atom stereocenters. The quantitative estimate of drug-likeness (QED) is 0.664. The van der Waals surface area contributed by atoms with Gasteiger partial charge >= 0.3 is 5.69 Å². The zero-order chi connectivity index (χ0) is 15.8. The zero-order valence-corrected chi connectivity index (χ0v) is 12.2. The number of amides is 1. The van der Waals surface area contributed by atoms with E-state index in [0.717, 1.165) is 6.07 Å². The molecule has 1 aromatic carbocycles. The molecule has 1 atom stereocenters. The number of nitro benzene ring substituents is 1. The lowest BCUT2D eigenvalue weighted by Crippen LogP contribution is -2.53. The highest BCUT2D eigenvalue weighted by Crippen LogP contribution is 2.28. The molecule has 1 amide bonds. The second-order valence-electron chi connectivity index (χ2n) is 5.83. The Balaban J connectivity index is 2.28. The molecule has 0 saturated carbocycles. The number of hydrogen-bond donors (Lipinski definition) is 1. The Morgan fingerprint density at radius 2 is 2.19 bits per heavy atom. The smallest absolute Gasteiger partial charge is 0.311 e. The fourth-order valence-electron chi connectivity index (χ4n) is 2.59. The lowest BCUT2D eigenvalue weighted by atomic mass is 10.0. The molecule has 0 aliphatic carbocycles. The van der Waals surface area contributed by atoms with Gasteiger partial charge in [0.2, 0.25) is 0 Å². The van der Waals surface area contributed by atoms with Gasteiger partial charge in [-0.15, -0.1) is 0 Å². The van der Waals surface area contributed by atoms with Crippen LogP contribution in [0.5, 0.6) is 5.75 Å². The monoisotopic (exact) mass is 294 g/mol. The molecule has 1 aromatic rings. The fraction of sp³-hybridized carbons (Fsp3) is 0.500. The molecule has 0 spiro atoms. The van der Waals surface area contributed by atoms with E-state index in [1.54, 1.807) is 4.90 Å². The van der Waals surface area contributed by atoms with Crippen molar-refractivity contribution >= 4 is 11.6 Å². The number of phenols is 1. The molecule has 1 saturated heterocycles. The molecule has 7 heteroatoms. The number of carbonyl (C=O) groups excluding carboxylic acids is 1. The normalized spacial score (nSPS) is 21.1. The molecule has 1 N–H and O–H groups in total. The van der Waals surface area contributed by atoms with Crippen LogP contribution < -0.4 is 0 Å². The van der Waals surface area contributed by atoms with Gasteiger partial charge in [0, 0.05) is 24.7 Å². The van der Waals surface area contributed by atoms with E-state index >= 15 is 0 Å². The van der Waals surface area contributed by atoms with E-state index in [1.165, 1.54) is 12.1 Å². The highest BCUT2D eigenvalue weighted by atomic mass is 16.6. The first-order chi connectivity index (χ1) is 9.69. The molecule has 21 heavy (non-hydrogen) atoms. The largest absolute Gasteiger partial charge is 0.502 e. The minimum Gasteiger partial charge on any atom is -0.502 e. The van der Waals surface area contributed by atoms with Crippen LogP contribution in [0.4, 0.5) is 5.69 Å². The molecule has 2 rings (SSSR count). The Morgan fingerprint density at radius 3 is 2.76 bits per heavy atom. The van der Waals surface area contributed by atoms with Crippen LogP contribution in [0.1, 0.15) is 31.1 Å². The third kappa shape index (κ3) is 3.30. The van der Waals surface area contributed by atoms with Crippen molar-refractivity contribution in [3.8, 4) is 5.75 Å². The summed E-state index contributed by atoms with van der Waals surface area (Å²) in [4.78, 5) is 24.2. The summed E-state index contributed by atoms with van der Waals surface area (Å²) < 4.78 is 5.73. The number of nitrogens with zero attached hydrogens (tertiary/aromatic N) is 2. The molecule has 114 valence electrons. The van der Waals surface area contributed by atoms with Crippen molar-refractivity contribution in [2.24, 2.45) is 0 Å². The average Bonchev–Trinajstić information content (AvgIpc) is 2.35. The molecular formula is C14H18N2O5. The molecular weight excluding hydrogens is 276 g/mol. The summed E-state index contributed by atoms with van der Waals surface area (Å²) in [5.74, 6) is -0.756. The van der Waals surface area contributed by atoms with Crippen molar-refractivity contribution in [3.05, 3.63) is 33.9 Å². The lowest BCUT2D eigenvalue weighted by Gasteiger charge is -2.41. The summed E-state index contributed by atoms with van der Waals surface area (Å²) >= 11 is 0. The van der Waals surface area contributed by atoms with Gasteiger partial charge in [-0.2, -0.15) is 0 Å². The van der Waals surface area contributed by atoms with E-state index in [9.17, 15) is 20.0 Å². The minimum atomic E-state index is -0.710. The number of benzene rings is 1. The summed E-state index contributed by atoms with van der Waals surface area (Å²) in [7, 11) is 0. The Morgan fingerprint density at radius 1 is 1.52 bits per heavy atom. The highest BCUT2D eigenvalue weighted by molar-refractivity contribution is 5.95. The average molecular weight is 294 g/mol. The maximum Gasteiger partial charge on any atom is 0.311 e. The summed E-state index contributed by atoms with van der Waals surface area (Å²) in [5, 5.41) is 20.3. The number of phenolic OH excluding ortho intramolecular Hbond substituents is 1. The van der Waals surface area contributed by atoms with E-state index in [4.69, 9.17) is 4.74 Å². The van der Waals surface area contributed by atoms with Crippen molar-refractivity contribution < 1.29 is 19.6 Å². The number of morpholine rings is 1. The van der Waals surface area contributed by atoms with Gasteiger partial charge in [-0.3, -0.25) is 14.9 Å². The number of ether oxygens (including phenoxy) is 1. The van der Waals surface area contributed by atoms with E-state index in [1.807, 2.05) is 20.8 Å². The number of hydrogen-bond acceptors (Lipinski definition) is 5. The molecule has 7 nitrogen and oxygen atoms in total. The first-order valence-corrected chi connectivity index (χ1v) is 6.64. The third-order valence-corrected chi connectivity index (χ3v) is 3.28. The van der Waals surface area contributed by atoms with Crippen LogP contribution in [0.15, 0.2) is 18.2 Å². The molecule has 1 aliphatic heterocycles. The van der Waals surface area contributed by atoms with E-state index in [2.05, 4.69) is 0 Å². The van der Waals surface area contributed by atoms with Crippen LogP contribution in [-0.2, 0) is 4.74 Å². The zero-order valence-electron chi connectivity index (χ0n) is 12.2. The maximum atomic E-state index is 12.5. The van der Waals surface area contributed by atoms with Crippen LogP contribution in [0.2, 0.25) is 0 Å². The van der Waals surface area contributed by atoms with E-state index in [0.29, 0.717) is 13.1 Å². The van der Waals surface area contributed by atoms with E-state index in [-0.39, 0.29) is 17.6 Å². The summed E-state index contributed by atoms with van der Waals surface area (Å²) in [6.45, 7) is 6.49. The van der Waals surface area contributed by atoms with Crippen molar-refractivity contribution in [2.45, 2.75) is 32.5 Å². The summed E-state index contributed by atoms with van der Waals surface area (Å²) in [6, 6.07) is 3.66. The maximum absolute atomic E-state index is 12.5. The van der Waals surface area contributed by atoms with Gasteiger partial charge in [-0.25, -0.2) is 0 Å². The number of carbonyl (C=O) groups is 1. The topological polar surface area (TPSA) is 92.9 Å². The minimum absolute atomic E-state index is 0.107. The Hall–Kier alpha value is -2.15. The third-order valence-electron chi connectivity index (χ3n) is 3.28. The van der Waals surface area contributed by atoms with Crippen LogP contribution in [-0.4, -0.2) is 45.6 Å². The summed E-state index contributed by atoms with van der Waals surface area (Å²) in [6.07, 6.45) is -0.107. The van der Waals surface area contributed by atoms with Gasteiger partial charge in [0.05, 0.1) is 16.6 Å². The van der Waals surface area contributed by atoms with Crippen LogP contribution >= 0.6 is 0 Å². The van der Waals surface area contributed by atoms with Gasteiger partial charge in [-0.05, 0) is 32.9 Å². The molecule has 1 aliphatic rings. The predicted molar refractivity (Wildman–Crippen MR) is 75.3 cm³/mol. The van der Waals surface area contributed by atoms with Crippen LogP contribution in [0.25, 0.3) is 0 Å². The lowest BCUT2D eigenvalue weighted by molar-refractivity contribution is -0.385. The number of rotatable bonds is 2. The second-order valence-corrected chi connectivity index (χ2v) is 5.83. The van der Waals surface area contributed by atoms with Crippen molar-refractivity contribution in [2.75, 3.05) is 13.1 Å². The highest BCUT2D eigenvalue weighted by Gasteiger charge is 2.34. The van der Waals surface area contributed by atoms with Gasteiger partial charge in [-0.1, -0.05) is 0 Å². The number of nitro groups is 1. The Kier molecular flexibility index (Phi) is 3.87. The second kappa shape index (κ2) is 5.33. The van der Waals surface area contributed by atoms with Gasteiger partial charge in [0.1, 0.15) is 0 Å². The Bertz CT molecular complexity index is 585. The molecule has 0 radical (unpaired) electrons. The molecule has 0 aromatic heterocycles. The SMILES string of the molecule is CC1CN(C(=O)c2ccc(O)c([N+](=O)[O-])c2)CC(C)(C)O1.